The molecule has 170 valence electrons. The van der Waals surface area contributed by atoms with Crippen molar-refractivity contribution in [2.75, 3.05) is 26.7 Å². The molecule has 0 bridgehead atoms. The molecule has 0 spiro atoms. The lowest BCUT2D eigenvalue weighted by Gasteiger charge is -2.49. The van der Waals surface area contributed by atoms with Crippen LogP contribution in [0.3, 0.4) is 0 Å². The lowest BCUT2D eigenvalue weighted by molar-refractivity contribution is -0.144. The standard InChI is InChI=1S/C27H40N2O2/c1-19-26-24(27(30)31-19)16-21-10-6-7-11-23(21)25(26)18-28(2)22-12-14-29(15-13-22)17-20-8-4-3-5-9-20/h3-5,8-9,19,21-26H,6-7,10-18H2,1-2H3/t19-,21+,23-,24-,25+,26-/m0/s1. The first-order valence-corrected chi connectivity index (χ1v) is 12.8. The molecule has 4 fully saturated rings. The molecule has 0 unspecified atom stereocenters. The molecule has 2 aliphatic heterocycles. The van der Waals surface area contributed by atoms with E-state index >= 15 is 0 Å². The summed E-state index contributed by atoms with van der Waals surface area (Å²) in [6.07, 6.45) is 9.12. The van der Waals surface area contributed by atoms with Crippen LogP contribution in [0.25, 0.3) is 0 Å². The van der Waals surface area contributed by atoms with Gasteiger partial charge in [0.15, 0.2) is 0 Å². The zero-order chi connectivity index (χ0) is 21.4. The number of fused-ring (bicyclic) bond motifs is 2. The Kier molecular flexibility index (Phi) is 6.39. The number of esters is 1. The number of piperidine rings is 1. The fourth-order valence-corrected chi connectivity index (χ4v) is 7.54. The highest BCUT2D eigenvalue weighted by Crippen LogP contribution is 2.53. The second-order valence-corrected chi connectivity index (χ2v) is 10.9. The molecule has 6 atom stereocenters. The zero-order valence-corrected chi connectivity index (χ0v) is 19.4. The highest BCUT2D eigenvalue weighted by atomic mass is 16.6. The first-order valence-electron chi connectivity index (χ1n) is 12.8. The van der Waals surface area contributed by atoms with Crippen LogP contribution in [0.1, 0.15) is 57.4 Å². The molecule has 5 rings (SSSR count). The van der Waals surface area contributed by atoms with Gasteiger partial charge in [-0.3, -0.25) is 9.69 Å². The smallest absolute Gasteiger partial charge is 0.309 e. The number of ether oxygens (including phenoxy) is 1. The zero-order valence-electron chi connectivity index (χ0n) is 19.4. The minimum Gasteiger partial charge on any atom is -0.462 e. The van der Waals surface area contributed by atoms with Crippen LogP contribution in [0.15, 0.2) is 30.3 Å². The van der Waals surface area contributed by atoms with E-state index in [1.165, 1.54) is 57.2 Å². The van der Waals surface area contributed by atoms with E-state index in [1.807, 2.05) is 0 Å². The Morgan fingerprint density at radius 1 is 1.06 bits per heavy atom. The molecule has 31 heavy (non-hydrogen) atoms. The minimum absolute atomic E-state index is 0.100. The van der Waals surface area contributed by atoms with E-state index in [1.54, 1.807) is 0 Å². The number of rotatable bonds is 5. The predicted octanol–water partition coefficient (Wildman–Crippen LogP) is 4.59. The van der Waals surface area contributed by atoms with Crippen molar-refractivity contribution in [3.8, 4) is 0 Å². The van der Waals surface area contributed by atoms with Gasteiger partial charge in [0, 0.05) is 25.0 Å². The summed E-state index contributed by atoms with van der Waals surface area (Å²) in [7, 11) is 2.35. The fourth-order valence-electron chi connectivity index (χ4n) is 7.54. The summed E-state index contributed by atoms with van der Waals surface area (Å²) in [5, 5.41) is 0. The monoisotopic (exact) mass is 424 g/mol. The lowest BCUT2D eigenvalue weighted by Crippen LogP contribution is -2.51. The maximum atomic E-state index is 12.6. The van der Waals surface area contributed by atoms with E-state index in [-0.39, 0.29) is 18.0 Å². The van der Waals surface area contributed by atoms with Gasteiger partial charge in [0.1, 0.15) is 6.10 Å². The number of carbonyl (C=O) groups is 1. The third kappa shape index (κ3) is 4.43. The van der Waals surface area contributed by atoms with Crippen molar-refractivity contribution >= 4 is 5.97 Å². The Morgan fingerprint density at radius 3 is 2.58 bits per heavy atom. The number of cyclic esters (lactones) is 1. The molecule has 4 nitrogen and oxygen atoms in total. The Bertz CT molecular complexity index is 745. The molecule has 0 amide bonds. The van der Waals surface area contributed by atoms with E-state index in [0.29, 0.717) is 17.9 Å². The van der Waals surface area contributed by atoms with Crippen LogP contribution in [0.4, 0.5) is 0 Å². The number of benzene rings is 1. The van der Waals surface area contributed by atoms with E-state index in [2.05, 4.69) is 54.1 Å². The van der Waals surface area contributed by atoms with Gasteiger partial charge in [-0.15, -0.1) is 0 Å². The number of hydrogen-bond donors (Lipinski definition) is 0. The molecule has 2 heterocycles. The average molecular weight is 425 g/mol. The van der Waals surface area contributed by atoms with Gasteiger partial charge in [0.25, 0.3) is 0 Å². The van der Waals surface area contributed by atoms with Crippen LogP contribution in [-0.4, -0.2) is 54.6 Å². The quantitative estimate of drug-likeness (QED) is 0.648. The Labute approximate surface area is 188 Å². The van der Waals surface area contributed by atoms with Crippen molar-refractivity contribution in [3.05, 3.63) is 35.9 Å². The summed E-state index contributed by atoms with van der Waals surface area (Å²) >= 11 is 0. The molecule has 4 heteroatoms. The molecule has 0 N–H and O–H groups in total. The van der Waals surface area contributed by atoms with Gasteiger partial charge in [0.05, 0.1) is 5.92 Å². The van der Waals surface area contributed by atoms with Crippen molar-refractivity contribution in [1.82, 2.24) is 9.80 Å². The van der Waals surface area contributed by atoms with Gasteiger partial charge < -0.3 is 9.64 Å². The maximum absolute atomic E-state index is 12.6. The van der Waals surface area contributed by atoms with E-state index in [0.717, 1.165) is 31.3 Å². The van der Waals surface area contributed by atoms with Gasteiger partial charge in [-0.25, -0.2) is 0 Å². The molecule has 2 saturated heterocycles. The normalized spacial score (nSPS) is 36.8. The van der Waals surface area contributed by atoms with E-state index in [9.17, 15) is 4.79 Å². The van der Waals surface area contributed by atoms with Crippen LogP contribution < -0.4 is 0 Å². The average Bonchev–Trinajstić information content (AvgIpc) is 3.08. The molecule has 1 aromatic carbocycles. The number of carbonyl (C=O) groups excluding carboxylic acids is 1. The highest BCUT2D eigenvalue weighted by molar-refractivity contribution is 5.75. The summed E-state index contributed by atoms with van der Waals surface area (Å²) < 4.78 is 5.78. The maximum Gasteiger partial charge on any atom is 0.309 e. The Hall–Kier alpha value is -1.39. The van der Waals surface area contributed by atoms with E-state index in [4.69, 9.17) is 4.74 Å². The SMILES string of the molecule is C[C@@H]1OC(=O)[C@H]2C[C@H]3CCCC[C@@H]3[C@@H](CN(C)C3CCN(Cc4ccccc4)CC3)[C@@H]12. The first kappa shape index (κ1) is 21.5. The van der Waals surface area contributed by atoms with Gasteiger partial charge in [-0.1, -0.05) is 49.6 Å². The molecule has 0 radical (unpaired) electrons. The third-order valence-corrected chi connectivity index (χ3v) is 9.11. The van der Waals surface area contributed by atoms with Crippen LogP contribution in [0, 0.1) is 29.6 Å². The topological polar surface area (TPSA) is 32.8 Å². The van der Waals surface area contributed by atoms with Crippen molar-refractivity contribution in [3.63, 3.8) is 0 Å². The molecular weight excluding hydrogens is 384 g/mol. The summed E-state index contributed by atoms with van der Waals surface area (Å²) in [5.74, 6) is 2.88. The van der Waals surface area contributed by atoms with Crippen LogP contribution >= 0.6 is 0 Å². The summed E-state index contributed by atoms with van der Waals surface area (Å²) in [6.45, 7) is 6.74. The minimum atomic E-state index is 0.100. The molecule has 4 aliphatic rings. The molecule has 2 aliphatic carbocycles. The Balaban J connectivity index is 1.21. The summed E-state index contributed by atoms with van der Waals surface area (Å²) in [4.78, 5) is 17.8. The number of nitrogens with zero attached hydrogens (tertiary/aromatic N) is 2. The molecular formula is C27H40N2O2. The van der Waals surface area contributed by atoms with Crippen LogP contribution in [-0.2, 0) is 16.1 Å². The highest BCUT2D eigenvalue weighted by Gasteiger charge is 2.54. The van der Waals surface area contributed by atoms with Gasteiger partial charge in [0.2, 0.25) is 0 Å². The van der Waals surface area contributed by atoms with Crippen LogP contribution in [0.5, 0.6) is 0 Å². The van der Waals surface area contributed by atoms with Crippen molar-refractivity contribution in [2.45, 2.75) is 70.6 Å². The van der Waals surface area contributed by atoms with Crippen LogP contribution in [0.2, 0.25) is 0 Å². The molecule has 0 aromatic heterocycles. The van der Waals surface area contributed by atoms with Gasteiger partial charge in [-0.05, 0) is 76.1 Å². The van der Waals surface area contributed by atoms with Gasteiger partial charge in [-0.2, -0.15) is 0 Å². The lowest BCUT2D eigenvalue weighted by atomic mass is 9.57. The second-order valence-electron chi connectivity index (χ2n) is 10.9. The number of likely N-dealkylation sites (tertiary alicyclic amines) is 1. The van der Waals surface area contributed by atoms with Crippen molar-refractivity contribution < 1.29 is 9.53 Å². The van der Waals surface area contributed by atoms with Gasteiger partial charge >= 0.3 is 5.97 Å². The third-order valence-electron chi connectivity index (χ3n) is 9.11. The first-order chi connectivity index (χ1) is 15.1. The van der Waals surface area contributed by atoms with Crippen molar-refractivity contribution in [1.29, 1.82) is 0 Å². The number of hydrogen-bond acceptors (Lipinski definition) is 4. The summed E-state index contributed by atoms with van der Waals surface area (Å²) in [5.41, 5.74) is 1.42. The predicted molar refractivity (Wildman–Crippen MR) is 123 cm³/mol. The summed E-state index contributed by atoms with van der Waals surface area (Å²) in [6, 6.07) is 11.5. The van der Waals surface area contributed by atoms with E-state index < -0.39 is 0 Å². The molecule has 1 aromatic rings. The van der Waals surface area contributed by atoms with Crippen molar-refractivity contribution in [2.24, 2.45) is 29.6 Å². The Morgan fingerprint density at radius 2 is 1.81 bits per heavy atom. The molecule has 2 saturated carbocycles. The fraction of sp³-hybridized carbons (Fsp3) is 0.741. The second kappa shape index (κ2) is 9.23. The largest absolute Gasteiger partial charge is 0.462 e.